The van der Waals surface area contributed by atoms with Gasteiger partial charge in [-0.3, -0.25) is 4.79 Å². The van der Waals surface area contributed by atoms with E-state index in [0.29, 0.717) is 9.92 Å². The summed E-state index contributed by atoms with van der Waals surface area (Å²) in [4.78, 5) is 27.7. The van der Waals surface area contributed by atoms with E-state index in [1.807, 2.05) is 0 Å². The van der Waals surface area contributed by atoms with Crippen LogP contribution in [-0.4, -0.2) is 22.9 Å². The maximum atomic E-state index is 14.2. The van der Waals surface area contributed by atoms with Crippen molar-refractivity contribution in [3.05, 3.63) is 75.2 Å². The molecule has 0 aliphatic carbocycles. The van der Waals surface area contributed by atoms with Gasteiger partial charge in [0.2, 0.25) is 0 Å². The standard InChI is InChI=1S/C19H16ClF2N3O2/c1-10(25(2)19(27)24-12-5-3-4-11(20)8-12)14-9-23-18(26)16-13(14)6-7-15(21)17(16)22/h3-10H,1-2H3,(H,23,26)(H,24,27)/t10-/m0/s1/i2D3. The first-order valence-electron chi connectivity index (χ1n) is 9.36. The van der Waals surface area contributed by atoms with Crippen molar-refractivity contribution in [2.45, 2.75) is 13.0 Å². The first-order chi connectivity index (χ1) is 14.0. The van der Waals surface area contributed by atoms with Crippen molar-refractivity contribution in [1.29, 1.82) is 0 Å². The molecule has 27 heavy (non-hydrogen) atoms. The van der Waals surface area contributed by atoms with Crippen LogP contribution < -0.4 is 10.9 Å². The van der Waals surface area contributed by atoms with Crippen LogP contribution >= 0.6 is 11.6 Å². The van der Waals surface area contributed by atoms with E-state index in [-0.39, 0.29) is 16.6 Å². The number of hydrogen-bond donors (Lipinski definition) is 2. The zero-order valence-corrected chi connectivity index (χ0v) is 14.8. The predicted octanol–water partition coefficient (Wildman–Crippen LogP) is 4.68. The second kappa shape index (κ2) is 7.36. The molecule has 1 atom stereocenters. The number of nitrogens with zero attached hydrogens (tertiary/aromatic N) is 1. The van der Waals surface area contributed by atoms with Crippen LogP contribution in [0.4, 0.5) is 19.3 Å². The topological polar surface area (TPSA) is 65.2 Å². The maximum Gasteiger partial charge on any atom is 0.322 e. The zero-order chi connectivity index (χ0) is 22.2. The highest BCUT2D eigenvalue weighted by molar-refractivity contribution is 6.30. The van der Waals surface area contributed by atoms with Crippen LogP contribution in [0, 0.1) is 11.6 Å². The van der Waals surface area contributed by atoms with Crippen molar-refractivity contribution in [2.24, 2.45) is 0 Å². The van der Waals surface area contributed by atoms with E-state index in [1.165, 1.54) is 31.3 Å². The van der Waals surface area contributed by atoms with Gasteiger partial charge in [0.15, 0.2) is 11.6 Å². The Bertz CT molecular complexity index is 1180. The van der Waals surface area contributed by atoms with Gasteiger partial charge < -0.3 is 15.2 Å². The quantitative estimate of drug-likeness (QED) is 0.677. The van der Waals surface area contributed by atoms with E-state index < -0.39 is 41.6 Å². The summed E-state index contributed by atoms with van der Waals surface area (Å²) in [7, 11) is 0. The van der Waals surface area contributed by atoms with Crippen LogP contribution in [0.15, 0.2) is 47.4 Å². The first kappa shape index (κ1) is 15.2. The fourth-order valence-electron chi connectivity index (χ4n) is 2.72. The third kappa shape index (κ3) is 3.64. The molecule has 0 saturated carbocycles. The highest BCUT2D eigenvalue weighted by atomic mass is 35.5. The van der Waals surface area contributed by atoms with Gasteiger partial charge in [0.05, 0.1) is 11.4 Å². The molecule has 2 aromatic carbocycles. The van der Waals surface area contributed by atoms with Gasteiger partial charge >= 0.3 is 6.03 Å². The number of halogens is 3. The number of rotatable bonds is 3. The van der Waals surface area contributed by atoms with E-state index in [4.69, 9.17) is 15.7 Å². The van der Waals surface area contributed by atoms with Gasteiger partial charge in [-0.1, -0.05) is 23.7 Å². The average Bonchev–Trinajstić information content (AvgIpc) is 2.63. The van der Waals surface area contributed by atoms with E-state index in [2.05, 4.69) is 10.3 Å². The molecule has 0 aliphatic rings. The molecule has 5 nitrogen and oxygen atoms in total. The zero-order valence-electron chi connectivity index (χ0n) is 17.0. The molecule has 8 heteroatoms. The molecule has 3 aromatic rings. The normalized spacial score (nSPS) is 14.1. The molecule has 0 fully saturated rings. The third-order valence-corrected chi connectivity index (χ3v) is 4.36. The van der Waals surface area contributed by atoms with Crippen LogP contribution in [0.25, 0.3) is 10.8 Å². The summed E-state index contributed by atoms with van der Waals surface area (Å²) in [5.74, 6) is -2.57. The minimum Gasteiger partial charge on any atom is -0.328 e. The van der Waals surface area contributed by atoms with Crippen LogP contribution in [0.3, 0.4) is 0 Å². The molecule has 0 bridgehead atoms. The second-order valence-corrected chi connectivity index (χ2v) is 6.28. The molecule has 0 aliphatic heterocycles. The lowest BCUT2D eigenvalue weighted by molar-refractivity contribution is 0.208. The molecule has 1 heterocycles. The molecule has 140 valence electrons. The van der Waals surface area contributed by atoms with Gasteiger partial charge in [-0.05, 0) is 42.1 Å². The van der Waals surface area contributed by atoms with Gasteiger partial charge in [0.1, 0.15) is 0 Å². The van der Waals surface area contributed by atoms with Crippen molar-refractivity contribution in [3.63, 3.8) is 0 Å². The fourth-order valence-corrected chi connectivity index (χ4v) is 2.91. The Morgan fingerprint density at radius 2 is 2.11 bits per heavy atom. The van der Waals surface area contributed by atoms with Crippen molar-refractivity contribution in [2.75, 3.05) is 12.3 Å². The Morgan fingerprint density at radius 3 is 2.81 bits per heavy atom. The number of carbonyl (C=O) groups is 1. The second-order valence-electron chi connectivity index (χ2n) is 5.84. The lowest BCUT2D eigenvalue weighted by Crippen LogP contribution is -2.34. The molecule has 0 unspecified atom stereocenters. The minimum atomic E-state index is -2.89. The van der Waals surface area contributed by atoms with Gasteiger partial charge in [-0.15, -0.1) is 0 Å². The van der Waals surface area contributed by atoms with E-state index in [1.54, 1.807) is 12.1 Å². The number of pyridine rings is 1. The summed E-state index contributed by atoms with van der Waals surface area (Å²) >= 11 is 5.89. The number of nitrogens with one attached hydrogen (secondary N) is 2. The number of hydrogen-bond acceptors (Lipinski definition) is 2. The largest absolute Gasteiger partial charge is 0.328 e. The van der Waals surface area contributed by atoms with E-state index >= 15 is 0 Å². The summed E-state index contributed by atoms with van der Waals surface area (Å²) in [5, 5.41) is 2.23. The highest BCUT2D eigenvalue weighted by Crippen LogP contribution is 2.28. The summed E-state index contributed by atoms with van der Waals surface area (Å²) in [6.45, 7) is -1.48. The molecule has 2 N–H and O–H groups in total. The minimum absolute atomic E-state index is 0.00467. The molecule has 0 radical (unpaired) electrons. The van der Waals surface area contributed by atoms with Crippen LogP contribution in [0.5, 0.6) is 0 Å². The first-order valence-corrected chi connectivity index (χ1v) is 8.23. The van der Waals surface area contributed by atoms with Crippen LogP contribution in [0.1, 0.15) is 22.6 Å². The van der Waals surface area contributed by atoms with Crippen molar-refractivity contribution < 1.29 is 17.7 Å². The Morgan fingerprint density at radius 1 is 1.33 bits per heavy atom. The highest BCUT2D eigenvalue weighted by Gasteiger charge is 2.22. The molecule has 0 saturated heterocycles. The van der Waals surface area contributed by atoms with Gasteiger partial charge in [-0.2, -0.15) is 0 Å². The Labute approximate surface area is 162 Å². The Hall–Kier alpha value is -2.93. The lowest BCUT2D eigenvalue weighted by atomic mass is 10.0. The number of H-pyrrole nitrogens is 1. The van der Waals surface area contributed by atoms with Crippen molar-refractivity contribution in [1.82, 2.24) is 9.88 Å². The molecule has 3 rings (SSSR count). The smallest absolute Gasteiger partial charge is 0.322 e. The number of fused-ring (bicyclic) bond motifs is 1. The number of aromatic amines is 1. The van der Waals surface area contributed by atoms with Crippen molar-refractivity contribution in [3.8, 4) is 0 Å². The van der Waals surface area contributed by atoms with Crippen LogP contribution in [0.2, 0.25) is 5.02 Å². The summed E-state index contributed by atoms with van der Waals surface area (Å²) in [6, 6.07) is 6.03. The molecule has 2 amide bonds. The summed E-state index contributed by atoms with van der Waals surface area (Å²) < 4.78 is 51.2. The number of urea groups is 1. The predicted molar refractivity (Wildman–Crippen MR) is 101 cm³/mol. The third-order valence-electron chi connectivity index (χ3n) is 4.12. The monoisotopic (exact) mass is 394 g/mol. The van der Waals surface area contributed by atoms with E-state index in [9.17, 15) is 18.4 Å². The average molecular weight is 395 g/mol. The number of aromatic nitrogens is 1. The molecule has 0 spiro atoms. The van der Waals surface area contributed by atoms with Gasteiger partial charge in [-0.25, -0.2) is 13.6 Å². The summed E-state index contributed by atoms with van der Waals surface area (Å²) in [5.41, 5.74) is -0.476. The fraction of sp³-hybridized carbons (Fsp3) is 0.158. The summed E-state index contributed by atoms with van der Waals surface area (Å²) in [6.07, 6.45) is 1.18. The lowest BCUT2D eigenvalue weighted by Gasteiger charge is -2.26. The number of benzene rings is 2. The number of carbonyl (C=O) groups excluding carboxylic acids is 1. The number of anilines is 1. The Balaban J connectivity index is 2.08. The van der Waals surface area contributed by atoms with Gasteiger partial charge in [0, 0.05) is 28.0 Å². The van der Waals surface area contributed by atoms with E-state index in [0.717, 1.165) is 6.07 Å². The number of amides is 2. The maximum absolute atomic E-state index is 14.2. The SMILES string of the molecule is [2H]C([2H])([2H])N(C(=O)Nc1cccc(Cl)c1)[C@@H](C)c1c[nH]c(=O)c2c(F)c(F)ccc12. The van der Waals surface area contributed by atoms with Gasteiger partial charge in [0.25, 0.3) is 5.56 Å². The van der Waals surface area contributed by atoms with Crippen molar-refractivity contribution >= 4 is 34.1 Å². The Kier molecular flexibility index (Phi) is 4.13. The molecule has 1 aromatic heterocycles. The van der Waals surface area contributed by atoms with Crippen LogP contribution in [-0.2, 0) is 0 Å². The molecular weight excluding hydrogens is 376 g/mol. The molecular formula is C19H16ClF2N3O2.